The zero-order valence-electron chi connectivity index (χ0n) is 10.5. The third kappa shape index (κ3) is 4.73. The Morgan fingerprint density at radius 2 is 2.05 bits per heavy atom. The van der Waals surface area contributed by atoms with Crippen molar-refractivity contribution in [3.8, 4) is 0 Å². The maximum Gasteiger partial charge on any atom is 0.279 e. The van der Waals surface area contributed by atoms with E-state index in [1.54, 1.807) is 23.5 Å². The third-order valence-electron chi connectivity index (χ3n) is 2.52. The van der Waals surface area contributed by atoms with Gasteiger partial charge in [-0.05, 0) is 52.4 Å². The van der Waals surface area contributed by atoms with Crippen molar-refractivity contribution in [3.63, 3.8) is 0 Å². The average molecular weight is 373 g/mol. The highest BCUT2D eigenvalue weighted by atomic mass is 79.9. The van der Waals surface area contributed by atoms with Gasteiger partial charge in [-0.3, -0.25) is 20.4 Å². The average Bonchev–Trinajstić information content (AvgIpc) is 3.07. The minimum atomic E-state index is -0.299. The normalized spacial score (nSPS) is 10.2. The summed E-state index contributed by atoms with van der Waals surface area (Å²) in [6.45, 7) is 0. The van der Waals surface area contributed by atoms with Gasteiger partial charge in [-0.25, -0.2) is 0 Å². The largest absolute Gasteiger partial charge is 0.279 e. The van der Waals surface area contributed by atoms with Crippen molar-refractivity contribution < 1.29 is 9.59 Å². The molecule has 0 bridgehead atoms. The molecule has 2 aromatic heterocycles. The van der Waals surface area contributed by atoms with Gasteiger partial charge in [0.2, 0.25) is 5.91 Å². The van der Waals surface area contributed by atoms with Crippen LogP contribution in [0.4, 0.5) is 0 Å². The number of carbonyl (C=O) groups is 2. The second kappa shape index (κ2) is 7.56. The van der Waals surface area contributed by atoms with Gasteiger partial charge in [0.05, 0.1) is 8.66 Å². The molecule has 2 rings (SSSR count). The molecule has 0 saturated heterocycles. The predicted molar refractivity (Wildman–Crippen MR) is 84.9 cm³/mol. The van der Waals surface area contributed by atoms with E-state index in [0.29, 0.717) is 11.3 Å². The van der Waals surface area contributed by atoms with Crippen molar-refractivity contribution in [2.75, 3.05) is 0 Å². The van der Waals surface area contributed by atoms with Gasteiger partial charge in [-0.1, -0.05) is 6.07 Å². The molecular weight excluding hydrogens is 360 g/mol. The summed E-state index contributed by atoms with van der Waals surface area (Å²) >= 11 is 6.29. The maximum atomic E-state index is 11.7. The lowest BCUT2D eigenvalue weighted by Gasteiger charge is -2.05. The summed E-state index contributed by atoms with van der Waals surface area (Å²) in [5, 5.41) is 2.02. The molecule has 0 saturated carbocycles. The topological polar surface area (TPSA) is 58.2 Å². The monoisotopic (exact) mass is 372 g/mol. The Balaban J connectivity index is 1.66. The SMILES string of the molecule is O=C(CCCc1cccs1)NNC(=O)c1ccc(Br)s1. The molecule has 0 aliphatic rings. The highest BCUT2D eigenvalue weighted by molar-refractivity contribution is 9.11. The molecule has 0 aliphatic heterocycles. The van der Waals surface area contributed by atoms with Crippen molar-refractivity contribution in [3.05, 3.63) is 43.2 Å². The predicted octanol–water partition coefficient (Wildman–Crippen LogP) is 3.36. The van der Waals surface area contributed by atoms with Crippen molar-refractivity contribution in [1.82, 2.24) is 10.9 Å². The number of amides is 2. The number of halogens is 1. The summed E-state index contributed by atoms with van der Waals surface area (Å²) in [5.74, 6) is -0.474. The van der Waals surface area contributed by atoms with Crippen LogP contribution in [0.25, 0.3) is 0 Å². The minimum Gasteiger partial charge on any atom is -0.273 e. The van der Waals surface area contributed by atoms with Crippen LogP contribution in [0.15, 0.2) is 33.4 Å². The Labute approximate surface area is 133 Å². The molecule has 106 valence electrons. The van der Waals surface area contributed by atoms with E-state index in [1.165, 1.54) is 16.2 Å². The van der Waals surface area contributed by atoms with E-state index < -0.39 is 0 Å². The Bertz CT molecular complexity index is 581. The molecular formula is C13H13BrN2O2S2. The first kappa shape index (κ1) is 15.2. The van der Waals surface area contributed by atoms with Crippen molar-refractivity contribution in [1.29, 1.82) is 0 Å². The molecule has 2 aromatic rings. The third-order valence-corrected chi connectivity index (χ3v) is 5.08. The van der Waals surface area contributed by atoms with Crippen LogP contribution < -0.4 is 10.9 Å². The van der Waals surface area contributed by atoms with Crippen LogP contribution >= 0.6 is 38.6 Å². The van der Waals surface area contributed by atoms with Crippen molar-refractivity contribution in [2.24, 2.45) is 0 Å². The molecule has 0 fully saturated rings. The second-order valence-corrected chi connectivity index (χ2v) is 7.53. The summed E-state index contributed by atoms with van der Waals surface area (Å²) in [6, 6.07) is 7.55. The molecule has 0 unspecified atom stereocenters. The molecule has 0 aromatic carbocycles. The van der Waals surface area contributed by atoms with Crippen LogP contribution in [0, 0.1) is 0 Å². The van der Waals surface area contributed by atoms with Crippen LogP contribution in [-0.2, 0) is 11.2 Å². The Morgan fingerprint density at radius 1 is 1.20 bits per heavy atom. The van der Waals surface area contributed by atoms with Gasteiger partial charge in [0.1, 0.15) is 0 Å². The van der Waals surface area contributed by atoms with Crippen LogP contribution in [0.5, 0.6) is 0 Å². The summed E-state index contributed by atoms with van der Waals surface area (Å²) < 4.78 is 0.880. The van der Waals surface area contributed by atoms with E-state index in [-0.39, 0.29) is 11.8 Å². The lowest BCUT2D eigenvalue weighted by molar-refractivity contribution is -0.121. The van der Waals surface area contributed by atoms with E-state index in [0.717, 1.165) is 16.6 Å². The van der Waals surface area contributed by atoms with Crippen LogP contribution in [-0.4, -0.2) is 11.8 Å². The molecule has 0 aliphatic carbocycles. The zero-order valence-corrected chi connectivity index (χ0v) is 13.7. The maximum absolute atomic E-state index is 11.7. The highest BCUT2D eigenvalue weighted by Gasteiger charge is 2.09. The molecule has 2 heterocycles. The van der Waals surface area contributed by atoms with E-state index in [4.69, 9.17) is 0 Å². The fourth-order valence-electron chi connectivity index (χ4n) is 1.56. The van der Waals surface area contributed by atoms with Crippen LogP contribution in [0.3, 0.4) is 0 Å². The Morgan fingerprint density at radius 3 is 2.70 bits per heavy atom. The number of nitrogens with one attached hydrogen (secondary N) is 2. The number of aryl methyl sites for hydroxylation is 1. The second-order valence-electron chi connectivity index (χ2n) is 4.04. The van der Waals surface area contributed by atoms with Gasteiger partial charge in [0.25, 0.3) is 5.91 Å². The lowest BCUT2D eigenvalue weighted by Crippen LogP contribution is -2.41. The number of rotatable bonds is 5. The number of thiophene rings is 2. The molecule has 0 radical (unpaired) electrons. The van der Waals surface area contributed by atoms with E-state index in [1.807, 2.05) is 11.4 Å². The molecule has 0 spiro atoms. The Hall–Kier alpha value is -1.18. The molecule has 7 heteroatoms. The molecule has 2 N–H and O–H groups in total. The lowest BCUT2D eigenvalue weighted by atomic mass is 10.2. The van der Waals surface area contributed by atoms with Crippen molar-refractivity contribution >= 4 is 50.4 Å². The minimum absolute atomic E-state index is 0.175. The van der Waals surface area contributed by atoms with Crippen molar-refractivity contribution in [2.45, 2.75) is 19.3 Å². The summed E-state index contributed by atoms with van der Waals surface area (Å²) in [5.41, 5.74) is 4.84. The van der Waals surface area contributed by atoms with Crippen LogP contribution in [0.2, 0.25) is 0 Å². The van der Waals surface area contributed by atoms with Gasteiger partial charge in [-0.15, -0.1) is 22.7 Å². The first-order valence-corrected chi connectivity index (χ1v) is 8.51. The van der Waals surface area contributed by atoms with Gasteiger partial charge in [0.15, 0.2) is 0 Å². The summed E-state index contributed by atoms with van der Waals surface area (Å²) in [6.07, 6.45) is 2.05. The summed E-state index contributed by atoms with van der Waals surface area (Å²) in [7, 11) is 0. The quantitative estimate of drug-likeness (QED) is 0.790. The van der Waals surface area contributed by atoms with Gasteiger partial charge >= 0.3 is 0 Å². The van der Waals surface area contributed by atoms with Crippen LogP contribution in [0.1, 0.15) is 27.4 Å². The number of hydrogen-bond donors (Lipinski definition) is 2. The summed E-state index contributed by atoms with van der Waals surface area (Å²) in [4.78, 5) is 25.1. The number of carbonyl (C=O) groups excluding carboxylic acids is 2. The van der Waals surface area contributed by atoms with E-state index in [9.17, 15) is 9.59 Å². The van der Waals surface area contributed by atoms with Gasteiger partial charge < -0.3 is 0 Å². The zero-order chi connectivity index (χ0) is 14.4. The molecule has 20 heavy (non-hydrogen) atoms. The first-order chi connectivity index (χ1) is 9.65. The standard InChI is InChI=1S/C13H13BrN2O2S2/c14-11-7-6-10(20-11)13(18)16-15-12(17)5-1-3-9-4-2-8-19-9/h2,4,6-8H,1,3,5H2,(H,15,17)(H,16,18). The first-order valence-electron chi connectivity index (χ1n) is 6.02. The molecule has 2 amide bonds. The van der Waals surface area contributed by atoms with Gasteiger partial charge in [0, 0.05) is 11.3 Å². The van der Waals surface area contributed by atoms with E-state index >= 15 is 0 Å². The Kier molecular flexibility index (Phi) is 5.75. The number of hydrogen-bond acceptors (Lipinski definition) is 4. The fraction of sp³-hybridized carbons (Fsp3) is 0.231. The highest BCUT2D eigenvalue weighted by Crippen LogP contribution is 2.21. The molecule has 0 atom stereocenters. The number of hydrazine groups is 1. The van der Waals surface area contributed by atoms with E-state index in [2.05, 4.69) is 32.8 Å². The molecule has 4 nitrogen and oxygen atoms in total. The smallest absolute Gasteiger partial charge is 0.273 e. The van der Waals surface area contributed by atoms with Gasteiger partial charge in [-0.2, -0.15) is 0 Å². The fourth-order valence-corrected chi connectivity index (χ4v) is 3.60.